The molecule has 1 amide bonds. The molecule has 0 N–H and O–H groups in total. The number of piperidine rings is 1. The quantitative estimate of drug-likeness (QED) is 0.544. The Morgan fingerprint density at radius 1 is 1.21 bits per heavy atom. The number of ether oxygens (including phenoxy) is 2. The Balaban J connectivity index is 1.65. The lowest BCUT2D eigenvalue weighted by Crippen LogP contribution is -2.44. The summed E-state index contributed by atoms with van der Waals surface area (Å²) in [7, 11) is -2.10. The van der Waals surface area contributed by atoms with Crippen molar-refractivity contribution in [3.05, 3.63) is 35.2 Å². The summed E-state index contributed by atoms with van der Waals surface area (Å²) < 4.78 is 43.5. The van der Waals surface area contributed by atoms with E-state index in [-0.39, 0.29) is 35.6 Å². The third-order valence-corrected chi connectivity index (χ3v) is 8.11. The molecule has 0 saturated carbocycles. The van der Waals surface area contributed by atoms with Gasteiger partial charge in [-0.05, 0) is 58.2 Å². The first kappa shape index (κ1) is 25.0. The summed E-state index contributed by atoms with van der Waals surface area (Å²) in [4.78, 5) is 15.2. The number of amides is 1. The molecule has 1 aliphatic heterocycles. The summed E-state index contributed by atoms with van der Waals surface area (Å²) in [6.07, 6.45) is 0.953. The van der Waals surface area contributed by atoms with Crippen LogP contribution in [0.4, 0.5) is 0 Å². The van der Waals surface area contributed by atoms with Crippen LogP contribution in [0.15, 0.2) is 27.6 Å². The zero-order valence-corrected chi connectivity index (χ0v) is 20.8. The number of nitrogens with zero attached hydrogens (tertiary/aromatic N) is 3. The van der Waals surface area contributed by atoms with E-state index in [0.29, 0.717) is 49.7 Å². The normalized spacial score (nSPS) is 15.4. The monoisotopic (exact) mass is 479 g/mol. The third kappa shape index (κ3) is 5.33. The molecule has 3 rings (SSSR count). The first-order chi connectivity index (χ1) is 15.7. The summed E-state index contributed by atoms with van der Waals surface area (Å²) in [6.45, 7) is 9.21. The van der Waals surface area contributed by atoms with Gasteiger partial charge in [0.2, 0.25) is 15.9 Å². The van der Waals surface area contributed by atoms with Gasteiger partial charge in [0.25, 0.3) is 0 Å². The number of hydrogen-bond donors (Lipinski definition) is 0. The molecule has 0 unspecified atom stereocenters. The van der Waals surface area contributed by atoms with Crippen LogP contribution in [-0.4, -0.2) is 62.0 Å². The van der Waals surface area contributed by atoms with Gasteiger partial charge in [0, 0.05) is 32.1 Å². The Morgan fingerprint density at radius 2 is 1.91 bits per heavy atom. The molecule has 10 heteroatoms. The Kier molecular flexibility index (Phi) is 8.01. The van der Waals surface area contributed by atoms with Gasteiger partial charge in [0.05, 0.1) is 13.7 Å². The highest BCUT2D eigenvalue weighted by molar-refractivity contribution is 7.89. The van der Waals surface area contributed by atoms with E-state index in [1.54, 1.807) is 25.9 Å². The maximum atomic E-state index is 13.2. The number of sulfonamides is 1. The number of carbonyl (C=O) groups is 1. The molecule has 1 fully saturated rings. The second-order valence-electron chi connectivity index (χ2n) is 8.10. The predicted molar refractivity (Wildman–Crippen MR) is 123 cm³/mol. The lowest BCUT2D eigenvalue weighted by atomic mass is 9.96. The van der Waals surface area contributed by atoms with Crippen LogP contribution >= 0.6 is 0 Å². The Bertz CT molecular complexity index is 1050. The van der Waals surface area contributed by atoms with E-state index in [2.05, 4.69) is 5.16 Å². The number of aromatic nitrogens is 1. The Hall–Kier alpha value is -2.59. The molecule has 1 aromatic carbocycles. The third-order valence-electron chi connectivity index (χ3n) is 5.96. The molecule has 182 valence electrons. The minimum absolute atomic E-state index is 0.0414. The van der Waals surface area contributed by atoms with E-state index < -0.39 is 10.0 Å². The molecule has 0 aliphatic carbocycles. The van der Waals surface area contributed by atoms with Crippen molar-refractivity contribution >= 4 is 15.9 Å². The molecule has 1 saturated heterocycles. The maximum Gasteiger partial charge on any atom is 0.248 e. The summed E-state index contributed by atoms with van der Waals surface area (Å²) in [5, 5.41) is 3.76. The van der Waals surface area contributed by atoms with Crippen molar-refractivity contribution in [2.45, 2.75) is 52.0 Å². The van der Waals surface area contributed by atoms with Crippen molar-refractivity contribution in [1.82, 2.24) is 14.4 Å². The summed E-state index contributed by atoms with van der Waals surface area (Å²) >= 11 is 0. The van der Waals surface area contributed by atoms with Gasteiger partial charge in [0.1, 0.15) is 10.6 Å². The fraction of sp³-hybridized carbons (Fsp3) is 0.565. The zero-order valence-electron chi connectivity index (χ0n) is 20.0. The van der Waals surface area contributed by atoms with E-state index in [1.165, 1.54) is 4.31 Å². The number of aryl methyl sites for hydroxylation is 2. The molecule has 33 heavy (non-hydrogen) atoms. The molecule has 0 atom stereocenters. The van der Waals surface area contributed by atoms with Crippen LogP contribution < -0.4 is 9.47 Å². The van der Waals surface area contributed by atoms with Crippen molar-refractivity contribution in [2.24, 2.45) is 5.92 Å². The van der Waals surface area contributed by atoms with Crippen LogP contribution in [0, 0.1) is 19.8 Å². The molecular formula is C23H33N3O6S. The van der Waals surface area contributed by atoms with Gasteiger partial charge in [-0.15, -0.1) is 0 Å². The highest BCUT2D eigenvalue weighted by atomic mass is 32.2. The van der Waals surface area contributed by atoms with Gasteiger partial charge in [0.15, 0.2) is 17.3 Å². The lowest BCUT2D eigenvalue weighted by Gasteiger charge is -2.33. The molecule has 9 nitrogen and oxygen atoms in total. The summed E-state index contributed by atoms with van der Waals surface area (Å²) in [5.41, 5.74) is 1.30. The average Bonchev–Trinajstić information content (AvgIpc) is 3.16. The van der Waals surface area contributed by atoms with E-state index >= 15 is 0 Å². The molecular weight excluding hydrogens is 446 g/mol. The fourth-order valence-electron chi connectivity index (χ4n) is 4.22. The minimum Gasteiger partial charge on any atom is -0.493 e. The average molecular weight is 480 g/mol. The molecule has 2 heterocycles. The van der Waals surface area contributed by atoms with Gasteiger partial charge < -0.3 is 18.9 Å². The van der Waals surface area contributed by atoms with Gasteiger partial charge in [-0.1, -0.05) is 11.2 Å². The van der Waals surface area contributed by atoms with E-state index in [4.69, 9.17) is 14.0 Å². The van der Waals surface area contributed by atoms with Crippen molar-refractivity contribution < 1.29 is 27.2 Å². The fourth-order valence-corrected chi connectivity index (χ4v) is 5.99. The number of rotatable bonds is 9. The first-order valence-electron chi connectivity index (χ1n) is 11.2. The number of carbonyl (C=O) groups excluding carboxylic acids is 1. The predicted octanol–water partition coefficient (Wildman–Crippen LogP) is 3.15. The van der Waals surface area contributed by atoms with Gasteiger partial charge in [-0.25, -0.2) is 8.42 Å². The standard InChI is InChI=1S/C23H33N3O6S/c1-6-25(15-18-8-9-20(31-7-2)21(14-18)30-5)23(27)19-10-12-26(13-11-19)33(28,29)22-16(3)24-32-17(22)4/h8-9,14,19H,6-7,10-13,15H2,1-5H3. The van der Waals surface area contributed by atoms with Gasteiger partial charge >= 0.3 is 0 Å². The molecule has 0 bridgehead atoms. The highest BCUT2D eigenvalue weighted by Gasteiger charge is 2.36. The first-order valence-corrected chi connectivity index (χ1v) is 12.7. The Morgan fingerprint density at radius 3 is 2.45 bits per heavy atom. The minimum atomic E-state index is -3.69. The van der Waals surface area contributed by atoms with Gasteiger partial charge in [-0.3, -0.25) is 4.79 Å². The van der Waals surface area contributed by atoms with Crippen LogP contribution in [0.3, 0.4) is 0 Å². The second kappa shape index (κ2) is 10.6. The molecule has 1 aliphatic rings. The summed E-state index contributed by atoms with van der Waals surface area (Å²) in [6, 6.07) is 5.68. The Labute approximate surface area is 195 Å². The SMILES string of the molecule is CCOc1ccc(CN(CC)C(=O)C2CCN(S(=O)(=O)c3c(C)noc3C)CC2)cc1OC. The van der Waals surface area contributed by atoms with Crippen molar-refractivity contribution in [2.75, 3.05) is 33.4 Å². The van der Waals surface area contributed by atoms with Crippen LogP contribution in [0.1, 0.15) is 43.7 Å². The number of benzene rings is 1. The number of methoxy groups -OCH3 is 1. The van der Waals surface area contributed by atoms with Gasteiger partial charge in [-0.2, -0.15) is 4.31 Å². The van der Waals surface area contributed by atoms with E-state index in [1.807, 2.05) is 32.0 Å². The van der Waals surface area contributed by atoms with E-state index in [9.17, 15) is 13.2 Å². The van der Waals surface area contributed by atoms with Crippen molar-refractivity contribution in [3.63, 3.8) is 0 Å². The molecule has 1 aromatic heterocycles. The van der Waals surface area contributed by atoms with E-state index in [0.717, 1.165) is 5.56 Å². The van der Waals surface area contributed by atoms with Crippen LogP contribution in [0.25, 0.3) is 0 Å². The molecule has 0 radical (unpaired) electrons. The lowest BCUT2D eigenvalue weighted by molar-refractivity contribution is -0.137. The highest BCUT2D eigenvalue weighted by Crippen LogP contribution is 2.30. The largest absolute Gasteiger partial charge is 0.493 e. The van der Waals surface area contributed by atoms with Crippen LogP contribution in [-0.2, 0) is 21.4 Å². The molecule has 0 spiro atoms. The number of hydrogen-bond acceptors (Lipinski definition) is 7. The maximum absolute atomic E-state index is 13.2. The summed E-state index contributed by atoms with van der Waals surface area (Å²) in [5.74, 6) is 1.42. The second-order valence-corrected chi connectivity index (χ2v) is 9.98. The smallest absolute Gasteiger partial charge is 0.248 e. The van der Waals surface area contributed by atoms with Crippen LogP contribution in [0.2, 0.25) is 0 Å². The van der Waals surface area contributed by atoms with Crippen molar-refractivity contribution in [3.8, 4) is 11.5 Å². The van der Waals surface area contributed by atoms with Crippen LogP contribution in [0.5, 0.6) is 11.5 Å². The topological polar surface area (TPSA) is 102 Å². The molecule has 2 aromatic rings. The zero-order chi connectivity index (χ0) is 24.2. The van der Waals surface area contributed by atoms with Crippen molar-refractivity contribution in [1.29, 1.82) is 0 Å².